The van der Waals surface area contributed by atoms with Crippen LogP contribution >= 0.6 is 11.8 Å². The Balaban J connectivity index is 1.54. The van der Waals surface area contributed by atoms with Crippen molar-refractivity contribution in [3.05, 3.63) is 65.4 Å². The van der Waals surface area contributed by atoms with Crippen LogP contribution in [0.4, 0.5) is 18.9 Å². The molecule has 0 spiro atoms. The molecule has 1 aliphatic carbocycles. The van der Waals surface area contributed by atoms with E-state index in [1.807, 2.05) is 24.3 Å². The zero-order valence-electron chi connectivity index (χ0n) is 15.6. The molecule has 1 aromatic heterocycles. The molecular formula is C22H19F3N2OS. The first kappa shape index (κ1) is 19.8. The fraction of sp³-hybridized carbons (Fsp3) is 0.273. The number of aromatic nitrogens is 1. The number of pyridine rings is 1. The Bertz CT molecular complexity index is 1070. The second-order valence-electron chi connectivity index (χ2n) is 7.01. The Labute approximate surface area is 170 Å². The van der Waals surface area contributed by atoms with Gasteiger partial charge in [-0.25, -0.2) is 0 Å². The van der Waals surface area contributed by atoms with Crippen molar-refractivity contribution in [1.82, 2.24) is 4.98 Å². The number of halogens is 3. The van der Waals surface area contributed by atoms with E-state index < -0.39 is 11.7 Å². The number of anilines is 1. The number of carbonyl (C=O) groups excluding carboxylic acids is 1. The number of hydrogen-bond donors (Lipinski definition) is 1. The molecule has 0 atom stereocenters. The normalized spacial score (nSPS) is 13.9. The van der Waals surface area contributed by atoms with Gasteiger partial charge in [0.15, 0.2) is 0 Å². The standard InChI is InChI=1S/C22H19F3N2OS/c23-22(24,25)14-6-5-7-15(12-14)26-20(28)13-29-21-16-8-1-3-10-18(16)27-19-11-4-2-9-17(19)21/h1,3,5-8,10,12H,2,4,9,11,13H2,(H,26,28). The van der Waals surface area contributed by atoms with E-state index in [0.29, 0.717) is 0 Å². The van der Waals surface area contributed by atoms with Gasteiger partial charge in [-0.3, -0.25) is 9.78 Å². The van der Waals surface area contributed by atoms with Crippen molar-refractivity contribution in [3.63, 3.8) is 0 Å². The number of hydrogen-bond acceptors (Lipinski definition) is 3. The molecule has 1 amide bonds. The molecule has 4 rings (SSSR count). The van der Waals surface area contributed by atoms with Gasteiger partial charge in [0.25, 0.3) is 0 Å². The first-order chi connectivity index (χ1) is 13.9. The predicted octanol–water partition coefficient (Wildman–Crippen LogP) is 5.86. The summed E-state index contributed by atoms with van der Waals surface area (Å²) in [6.45, 7) is 0. The summed E-state index contributed by atoms with van der Waals surface area (Å²) in [5, 5.41) is 3.60. The topological polar surface area (TPSA) is 42.0 Å². The highest BCUT2D eigenvalue weighted by molar-refractivity contribution is 8.00. The van der Waals surface area contributed by atoms with E-state index in [9.17, 15) is 18.0 Å². The maximum Gasteiger partial charge on any atom is 0.416 e. The Morgan fingerprint density at radius 2 is 1.86 bits per heavy atom. The summed E-state index contributed by atoms with van der Waals surface area (Å²) in [6, 6.07) is 12.6. The average molecular weight is 416 g/mol. The van der Waals surface area contributed by atoms with Crippen LogP contribution in [0, 0.1) is 0 Å². The molecule has 150 valence electrons. The number of rotatable bonds is 4. The highest BCUT2D eigenvalue weighted by Gasteiger charge is 2.30. The Morgan fingerprint density at radius 3 is 2.69 bits per heavy atom. The first-order valence-electron chi connectivity index (χ1n) is 9.42. The zero-order valence-corrected chi connectivity index (χ0v) is 16.4. The van der Waals surface area contributed by atoms with Gasteiger partial charge in [0.2, 0.25) is 5.91 Å². The maximum atomic E-state index is 12.9. The third-order valence-corrected chi connectivity index (χ3v) is 6.10. The smallest absolute Gasteiger partial charge is 0.325 e. The van der Waals surface area contributed by atoms with Crippen LogP contribution in [0.25, 0.3) is 10.9 Å². The lowest BCUT2D eigenvalue weighted by molar-refractivity contribution is -0.137. The second-order valence-corrected chi connectivity index (χ2v) is 7.99. The van der Waals surface area contributed by atoms with Gasteiger partial charge in [-0.1, -0.05) is 24.3 Å². The van der Waals surface area contributed by atoms with Gasteiger partial charge in [0.05, 0.1) is 16.8 Å². The summed E-state index contributed by atoms with van der Waals surface area (Å²) in [7, 11) is 0. The first-order valence-corrected chi connectivity index (χ1v) is 10.4. The van der Waals surface area contributed by atoms with Crippen LogP contribution in [0.15, 0.2) is 53.4 Å². The fourth-order valence-corrected chi connectivity index (χ4v) is 4.67. The molecule has 0 saturated heterocycles. The molecule has 0 aliphatic heterocycles. The highest BCUT2D eigenvalue weighted by Crippen LogP contribution is 2.36. The van der Waals surface area contributed by atoms with Gasteiger partial charge in [0.1, 0.15) is 0 Å². The lowest BCUT2D eigenvalue weighted by Gasteiger charge is -2.20. The number of benzene rings is 2. The molecule has 0 bridgehead atoms. The monoisotopic (exact) mass is 416 g/mol. The predicted molar refractivity (Wildman–Crippen MR) is 109 cm³/mol. The van der Waals surface area contributed by atoms with Crippen molar-refractivity contribution >= 4 is 34.3 Å². The number of aryl methyl sites for hydroxylation is 1. The number of alkyl halides is 3. The number of nitrogens with zero attached hydrogens (tertiary/aromatic N) is 1. The average Bonchev–Trinajstić information content (AvgIpc) is 2.70. The van der Waals surface area contributed by atoms with Crippen LogP contribution in [0.5, 0.6) is 0 Å². The quantitative estimate of drug-likeness (QED) is 0.542. The van der Waals surface area contributed by atoms with Crippen LogP contribution in [-0.4, -0.2) is 16.6 Å². The van der Waals surface area contributed by atoms with Crippen molar-refractivity contribution in [2.24, 2.45) is 0 Å². The van der Waals surface area contributed by atoms with E-state index >= 15 is 0 Å². The van der Waals surface area contributed by atoms with E-state index in [0.717, 1.165) is 59.3 Å². The Hall–Kier alpha value is -2.54. The van der Waals surface area contributed by atoms with Crippen LogP contribution in [0.2, 0.25) is 0 Å². The van der Waals surface area contributed by atoms with Gasteiger partial charge in [0, 0.05) is 21.7 Å². The van der Waals surface area contributed by atoms with Crippen molar-refractivity contribution in [1.29, 1.82) is 0 Å². The van der Waals surface area contributed by atoms with Crippen LogP contribution in [-0.2, 0) is 23.8 Å². The Morgan fingerprint density at radius 1 is 1.07 bits per heavy atom. The van der Waals surface area contributed by atoms with Crippen molar-refractivity contribution < 1.29 is 18.0 Å². The SMILES string of the molecule is O=C(CSc1c2c(nc3ccccc13)CCCC2)Nc1cccc(C(F)(F)F)c1. The number of nitrogens with one attached hydrogen (secondary N) is 1. The molecule has 1 heterocycles. The van der Waals surface area contributed by atoms with E-state index in [-0.39, 0.29) is 17.3 Å². The molecule has 3 nitrogen and oxygen atoms in total. The molecule has 0 radical (unpaired) electrons. The lowest BCUT2D eigenvalue weighted by Crippen LogP contribution is -2.15. The summed E-state index contributed by atoms with van der Waals surface area (Å²) >= 11 is 1.43. The van der Waals surface area contributed by atoms with Crippen molar-refractivity contribution in [2.45, 2.75) is 36.8 Å². The van der Waals surface area contributed by atoms with Gasteiger partial charge in [-0.2, -0.15) is 13.2 Å². The molecule has 0 fully saturated rings. The minimum Gasteiger partial charge on any atom is -0.325 e. The van der Waals surface area contributed by atoms with Crippen LogP contribution in [0.3, 0.4) is 0 Å². The summed E-state index contributed by atoms with van der Waals surface area (Å²) < 4.78 is 38.6. The van der Waals surface area contributed by atoms with Crippen LogP contribution in [0.1, 0.15) is 29.7 Å². The third kappa shape index (κ3) is 4.40. The lowest BCUT2D eigenvalue weighted by atomic mass is 9.94. The van der Waals surface area contributed by atoms with E-state index in [2.05, 4.69) is 5.32 Å². The second kappa shape index (κ2) is 8.06. The molecule has 1 aliphatic rings. The van der Waals surface area contributed by atoms with Gasteiger partial charge in [-0.15, -0.1) is 11.8 Å². The molecular weight excluding hydrogens is 397 g/mol. The number of fused-ring (bicyclic) bond motifs is 2. The maximum absolute atomic E-state index is 12.9. The zero-order chi connectivity index (χ0) is 20.4. The molecule has 1 N–H and O–H groups in total. The van der Waals surface area contributed by atoms with Crippen LogP contribution < -0.4 is 5.32 Å². The van der Waals surface area contributed by atoms with Gasteiger partial charge >= 0.3 is 6.18 Å². The van der Waals surface area contributed by atoms with E-state index in [4.69, 9.17) is 4.98 Å². The fourth-order valence-electron chi connectivity index (χ4n) is 3.60. The molecule has 3 aromatic rings. The number of para-hydroxylation sites is 1. The number of amides is 1. The summed E-state index contributed by atoms with van der Waals surface area (Å²) in [5.74, 6) is -0.212. The molecule has 0 saturated carbocycles. The largest absolute Gasteiger partial charge is 0.416 e. The highest BCUT2D eigenvalue weighted by atomic mass is 32.2. The van der Waals surface area contributed by atoms with Crippen molar-refractivity contribution in [3.8, 4) is 0 Å². The van der Waals surface area contributed by atoms with E-state index in [1.54, 1.807) is 0 Å². The molecule has 29 heavy (non-hydrogen) atoms. The minimum atomic E-state index is -4.44. The van der Waals surface area contributed by atoms with E-state index in [1.165, 1.54) is 29.5 Å². The minimum absolute atomic E-state index is 0.122. The van der Waals surface area contributed by atoms with Crippen molar-refractivity contribution in [2.75, 3.05) is 11.1 Å². The summed E-state index contributed by atoms with van der Waals surface area (Å²) in [5.41, 5.74) is 2.57. The summed E-state index contributed by atoms with van der Waals surface area (Å²) in [6.07, 6.45) is -0.366. The summed E-state index contributed by atoms with van der Waals surface area (Å²) in [4.78, 5) is 18.3. The van der Waals surface area contributed by atoms with Gasteiger partial charge in [-0.05, 0) is 55.5 Å². The number of thioether (sulfide) groups is 1. The Kier molecular flexibility index (Phi) is 5.50. The molecule has 2 aromatic carbocycles. The number of carbonyl (C=O) groups is 1. The molecule has 0 unspecified atom stereocenters. The molecule has 7 heteroatoms. The van der Waals surface area contributed by atoms with Gasteiger partial charge < -0.3 is 5.32 Å². The third-order valence-electron chi connectivity index (χ3n) is 4.94.